The molecule has 1 N–H and O–H groups in total. The third-order valence-corrected chi connectivity index (χ3v) is 3.88. The Kier molecular flexibility index (Phi) is 5.36. The van der Waals surface area contributed by atoms with Crippen LogP contribution in [0.15, 0.2) is 60.9 Å². The number of ether oxygens (including phenoxy) is 1. The Hall–Kier alpha value is -3.81. The van der Waals surface area contributed by atoms with Gasteiger partial charge in [0.1, 0.15) is 17.6 Å². The highest BCUT2D eigenvalue weighted by molar-refractivity contribution is 5.98. The van der Waals surface area contributed by atoms with Gasteiger partial charge in [-0.05, 0) is 36.4 Å². The van der Waals surface area contributed by atoms with Crippen LogP contribution in [-0.2, 0) is 6.54 Å². The fourth-order valence-electron chi connectivity index (χ4n) is 2.50. The zero-order valence-corrected chi connectivity index (χ0v) is 14.5. The van der Waals surface area contributed by atoms with E-state index in [-0.39, 0.29) is 17.8 Å². The molecule has 8 heteroatoms. The molecule has 1 heterocycles. The SMILES string of the molecule is COc1ccc(-c2cc(CNC(=O)c3ccccc3[N+](=O)[O-])ncn2)cc1. The zero-order valence-electron chi connectivity index (χ0n) is 14.5. The third kappa shape index (κ3) is 4.24. The molecule has 1 aromatic heterocycles. The molecule has 0 bridgehead atoms. The minimum Gasteiger partial charge on any atom is -0.497 e. The predicted molar refractivity (Wildman–Crippen MR) is 98.3 cm³/mol. The van der Waals surface area contributed by atoms with Crippen LogP contribution >= 0.6 is 0 Å². The molecule has 0 fully saturated rings. The second-order valence-electron chi connectivity index (χ2n) is 5.58. The molecule has 1 amide bonds. The molecule has 2 aromatic carbocycles. The number of hydrogen-bond donors (Lipinski definition) is 1. The average Bonchev–Trinajstić information content (AvgIpc) is 2.72. The van der Waals surface area contributed by atoms with Crippen LogP contribution < -0.4 is 10.1 Å². The lowest BCUT2D eigenvalue weighted by molar-refractivity contribution is -0.385. The van der Waals surface area contributed by atoms with E-state index in [1.807, 2.05) is 24.3 Å². The van der Waals surface area contributed by atoms with E-state index < -0.39 is 10.8 Å². The first-order chi connectivity index (χ1) is 13.1. The van der Waals surface area contributed by atoms with Crippen molar-refractivity contribution in [2.45, 2.75) is 6.54 Å². The van der Waals surface area contributed by atoms with Gasteiger partial charge in [-0.2, -0.15) is 0 Å². The minimum absolute atomic E-state index is 0.00642. The van der Waals surface area contributed by atoms with E-state index in [4.69, 9.17) is 4.74 Å². The number of nitrogens with zero attached hydrogens (tertiary/aromatic N) is 3. The zero-order chi connectivity index (χ0) is 19.2. The van der Waals surface area contributed by atoms with Gasteiger partial charge in [0, 0.05) is 11.6 Å². The lowest BCUT2D eigenvalue weighted by Crippen LogP contribution is -2.24. The number of aromatic nitrogens is 2. The topological polar surface area (TPSA) is 107 Å². The van der Waals surface area contributed by atoms with Crippen LogP contribution in [0.1, 0.15) is 16.1 Å². The van der Waals surface area contributed by atoms with Gasteiger partial charge in [-0.1, -0.05) is 12.1 Å². The lowest BCUT2D eigenvalue weighted by atomic mass is 10.1. The van der Waals surface area contributed by atoms with Crippen molar-refractivity contribution in [2.75, 3.05) is 7.11 Å². The number of rotatable bonds is 6. The van der Waals surface area contributed by atoms with Gasteiger partial charge < -0.3 is 10.1 Å². The van der Waals surface area contributed by atoms with Crippen LogP contribution in [0.2, 0.25) is 0 Å². The van der Waals surface area contributed by atoms with E-state index in [0.29, 0.717) is 11.4 Å². The Balaban J connectivity index is 1.73. The van der Waals surface area contributed by atoms with Gasteiger partial charge in [-0.15, -0.1) is 0 Å². The largest absolute Gasteiger partial charge is 0.497 e. The summed E-state index contributed by atoms with van der Waals surface area (Å²) in [5.74, 6) is 0.205. The van der Waals surface area contributed by atoms with Crippen LogP contribution in [0.5, 0.6) is 5.75 Å². The van der Waals surface area contributed by atoms with Gasteiger partial charge in [0.2, 0.25) is 0 Å². The smallest absolute Gasteiger partial charge is 0.282 e. The number of amides is 1. The molecule has 8 nitrogen and oxygen atoms in total. The monoisotopic (exact) mass is 364 g/mol. The van der Waals surface area contributed by atoms with Crippen molar-refractivity contribution in [3.05, 3.63) is 82.3 Å². The summed E-state index contributed by atoms with van der Waals surface area (Å²) < 4.78 is 5.13. The highest BCUT2D eigenvalue weighted by Crippen LogP contribution is 2.21. The molecule has 3 aromatic rings. The maximum Gasteiger partial charge on any atom is 0.282 e. The molecular formula is C19H16N4O4. The summed E-state index contributed by atoms with van der Waals surface area (Å²) in [5.41, 5.74) is 1.93. The first-order valence-electron chi connectivity index (χ1n) is 8.05. The number of methoxy groups -OCH3 is 1. The third-order valence-electron chi connectivity index (χ3n) is 3.88. The van der Waals surface area contributed by atoms with E-state index in [9.17, 15) is 14.9 Å². The highest BCUT2D eigenvalue weighted by atomic mass is 16.6. The van der Waals surface area contributed by atoms with E-state index in [0.717, 1.165) is 11.3 Å². The second kappa shape index (κ2) is 8.05. The van der Waals surface area contributed by atoms with E-state index in [1.165, 1.54) is 24.5 Å². The van der Waals surface area contributed by atoms with Crippen molar-refractivity contribution in [1.82, 2.24) is 15.3 Å². The number of carbonyl (C=O) groups excluding carboxylic acids is 1. The van der Waals surface area contributed by atoms with Gasteiger partial charge in [0.15, 0.2) is 0 Å². The molecule has 136 valence electrons. The molecular weight excluding hydrogens is 348 g/mol. The molecule has 0 aliphatic carbocycles. The van der Waals surface area contributed by atoms with Crippen LogP contribution in [0.25, 0.3) is 11.3 Å². The molecule has 0 aliphatic rings. The molecule has 0 saturated carbocycles. The fraction of sp³-hybridized carbons (Fsp3) is 0.105. The van der Waals surface area contributed by atoms with Crippen molar-refractivity contribution in [2.24, 2.45) is 0 Å². The molecule has 0 atom stereocenters. The maximum absolute atomic E-state index is 12.3. The summed E-state index contributed by atoms with van der Waals surface area (Å²) in [4.78, 5) is 31.1. The number of benzene rings is 2. The standard InChI is InChI=1S/C19H16N4O4/c1-27-15-8-6-13(7-9-15)17-10-14(21-12-22-17)11-20-19(24)16-4-2-3-5-18(16)23(25)26/h2-10,12H,11H2,1H3,(H,20,24). The van der Waals surface area contributed by atoms with Gasteiger partial charge in [-0.3, -0.25) is 14.9 Å². The Morgan fingerprint density at radius 2 is 1.89 bits per heavy atom. The first-order valence-corrected chi connectivity index (χ1v) is 8.05. The molecule has 0 radical (unpaired) electrons. The van der Waals surface area contributed by atoms with Crippen molar-refractivity contribution in [3.8, 4) is 17.0 Å². The molecule has 0 saturated heterocycles. The number of nitro benzene ring substituents is 1. The number of carbonyl (C=O) groups is 1. The highest BCUT2D eigenvalue weighted by Gasteiger charge is 2.18. The predicted octanol–water partition coefficient (Wildman–Crippen LogP) is 2.99. The van der Waals surface area contributed by atoms with Gasteiger partial charge >= 0.3 is 0 Å². The van der Waals surface area contributed by atoms with Crippen LogP contribution in [0, 0.1) is 10.1 Å². The molecule has 0 aliphatic heterocycles. The summed E-state index contributed by atoms with van der Waals surface area (Å²) in [6.45, 7) is 0.122. The summed E-state index contributed by atoms with van der Waals surface area (Å²) in [7, 11) is 1.59. The average molecular weight is 364 g/mol. The Morgan fingerprint density at radius 1 is 1.15 bits per heavy atom. The van der Waals surface area contributed by atoms with Crippen LogP contribution in [0.3, 0.4) is 0 Å². The summed E-state index contributed by atoms with van der Waals surface area (Å²) in [6.07, 6.45) is 1.41. The van der Waals surface area contributed by atoms with E-state index in [2.05, 4.69) is 15.3 Å². The molecule has 27 heavy (non-hydrogen) atoms. The van der Waals surface area contributed by atoms with Crippen LogP contribution in [0.4, 0.5) is 5.69 Å². The molecule has 0 spiro atoms. The van der Waals surface area contributed by atoms with Gasteiger partial charge in [-0.25, -0.2) is 9.97 Å². The summed E-state index contributed by atoms with van der Waals surface area (Å²) in [6, 6.07) is 14.9. The first kappa shape index (κ1) is 18.0. The van der Waals surface area contributed by atoms with Crippen LogP contribution in [-0.4, -0.2) is 27.9 Å². The summed E-state index contributed by atoms with van der Waals surface area (Å²) >= 11 is 0. The Morgan fingerprint density at radius 3 is 2.59 bits per heavy atom. The molecule has 3 rings (SSSR count). The normalized spacial score (nSPS) is 10.3. The van der Waals surface area contributed by atoms with Crippen molar-refractivity contribution >= 4 is 11.6 Å². The second-order valence-corrected chi connectivity index (χ2v) is 5.58. The number of hydrogen-bond acceptors (Lipinski definition) is 6. The quantitative estimate of drug-likeness (QED) is 0.532. The lowest BCUT2D eigenvalue weighted by Gasteiger charge is -2.07. The van der Waals surface area contributed by atoms with Crippen molar-refractivity contribution < 1.29 is 14.5 Å². The van der Waals surface area contributed by atoms with Gasteiger partial charge in [0.25, 0.3) is 11.6 Å². The van der Waals surface area contributed by atoms with E-state index in [1.54, 1.807) is 19.2 Å². The number of nitro groups is 1. The Labute approximate surface area is 155 Å². The van der Waals surface area contributed by atoms with Gasteiger partial charge in [0.05, 0.1) is 30.0 Å². The minimum atomic E-state index is -0.582. The number of nitrogens with one attached hydrogen (secondary N) is 1. The Bertz CT molecular complexity index is 973. The van der Waals surface area contributed by atoms with E-state index >= 15 is 0 Å². The number of para-hydroxylation sites is 1. The summed E-state index contributed by atoms with van der Waals surface area (Å²) in [5, 5.41) is 13.7. The maximum atomic E-state index is 12.3. The fourth-order valence-corrected chi connectivity index (χ4v) is 2.50. The van der Waals surface area contributed by atoms with Crippen molar-refractivity contribution in [3.63, 3.8) is 0 Å². The van der Waals surface area contributed by atoms with Crippen molar-refractivity contribution in [1.29, 1.82) is 0 Å². The molecule has 0 unspecified atom stereocenters.